The Morgan fingerprint density at radius 1 is 1.21 bits per heavy atom. The van der Waals surface area contributed by atoms with Crippen LogP contribution in [0.25, 0.3) is 0 Å². The molecule has 2 aliphatic heterocycles. The molecule has 0 aromatic carbocycles. The van der Waals surface area contributed by atoms with Crippen LogP contribution in [0.4, 0.5) is 0 Å². The lowest BCUT2D eigenvalue weighted by molar-refractivity contribution is -0.150. The van der Waals surface area contributed by atoms with Gasteiger partial charge in [-0.15, -0.1) is 0 Å². The van der Waals surface area contributed by atoms with Crippen molar-refractivity contribution in [3.8, 4) is 0 Å². The van der Waals surface area contributed by atoms with Crippen molar-refractivity contribution < 1.29 is 18.0 Å². The van der Waals surface area contributed by atoms with E-state index in [-0.39, 0.29) is 11.8 Å². The van der Waals surface area contributed by atoms with Crippen molar-refractivity contribution in [1.82, 2.24) is 9.37 Å². The van der Waals surface area contributed by atoms with E-state index in [1.54, 1.807) is 14.0 Å². The second kappa shape index (κ2) is 5.76. The lowest BCUT2D eigenvalue weighted by Gasteiger charge is -2.30. The topological polar surface area (TPSA) is 66.9 Å². The average molecular weight is 290 g/mol. The van der Waals surface area contributed by atoms with Crippen molar-refractivity contribution in [3.05, 3.63) is 0 Å². The van der Waals surface area contributed by atoms with Crippen molar-refractivity contribution >= 4 is 15.9 Å². The van der Waals surface area contributed by atoms with E-state index in [2.05, 4.69) is 0 Å². The van der Waals surface area contributed by atoms with Crippen LogP contribution in [0.5, 0.6) is 0 Å². The minimum Gasteiger partial charge on any atom is -0.302 e. The molecule has 0 saturated carbocycles. The molecular weight excluding hydrogens is 268 g/mol. The summed E-state index contributed by atoms with van der Waals surface area (Å²) >= 11 is 0. The molecule has 1 amide bonds. The smallest absolute Gasteiger partial charge is 0.239 e. The van der Waals surface area contributed by atoms with Crippen LogP contribution in [-0.2, 0) is 19.7 Å². The third-order valence-corrected chi connectivity index (χ3v) is 6.38. The predicted molar refractivity (Wildman–Crippen MR) is 70.6 cm³/mol. The average Bonchev–Trinajstić information content (AvgIpc) is 2.65. The van der Waals surface area contributed by atoms with Crippen molar-refractivity contribution in [2.24, 2.45) is 5.92 Å². The van der Waals surface area contributed by atoms with Crippen LogP contribution in [0.15, 0.2) is 0 Å². The highest BCUT2D eigenvalue weighted by Crippen LogP contribution is 2.26. The molecule has 2 fully saturated rings. The van der Waals surface area contributed by atoms with E-state index >= 15 is 0 Å². The molecule has 0 spiro atoms. The largest absolute Gasteiger partial charge is 0.302 e. The van der Waals surface area contributed by atoms with Gasteiger partial charge in [-0.05, 0) is 32.1 Å². The minimum atomic E-state index is -3.38. The van der Waals surface area contributed by atoms with Crippen LogP contribution >= 0.6 is 0 Å². The summed E-state index contributed by atoms with van der Waals surface area (Å²) in [4.78, 5) is 17.3. The second-order valence-electron chi connectivity index (χ2n) is 5.37. The first-order chi connectivity index (χ1) is 8.95. The fourth-order valence-electron chi connectivity index (χ4n) is 2.70. The Hall–Kier alpha value is -0.660. The first-order valence-corrected chi connectivity index (χ1v) is 8.29. The number of hydrogen-bond donors (Lipinski definition) is 0. The maximum Gasteiger partial charge on any atom is 0.239 e. The van der Waals surface area contributed by atoms with Gasteiger partial charge in [-0.3, -0.25) is 4.79 Å². The summed E-state index contributed by atoms with van der Waals surface area (Å²) in [6.45, 7) is 3.62. The quantitative estimate of drug-likeness (QED) is 0.761. The Labute approximate surface area is 114 Å². The van der Waals surface area contributed by atoms with Gasteiger partial charge >= 0.3 is 0 Å². The molecule has 7 heteroatoms. The van der Waals surface area contributed by atoms with E-state index in [9.17, 15) is 13.2 Å². The number of sulfonamides is 1. The number of amides is 1. The predicted octanol–water partition coefficient (Wildman–Crippen LogP) is 0.600. The van der Waals surface area contributed by atoms with Gasteiger partial charge in [0.05, 0.1) is 12.4 Å². The fraction of sp³-hybridized carbons (Fsp3) is 0.917. The van der Waals surface area contributed by atoms with E-state index < -0.39 is 15.3 Å². The summed E-state index contributed by atoms with van der Waals surface area (Å²) in [5.74, 6) is 0.0326. The molecule has 1 unspecified atom stereocenters. The van der Waals surface area contributed by atoms with Crippen molar-refractivity contribution in [3.63, 3.8) is 0 Å². The van der Waals surface area contributed by atoms with Gasteiger partial charge in [0.15, 0.2) is 0 Å². The summed E-state index contributed by atoms with van der Waals surface area (Å²) in [7, 11) is -1.74. The number of hydroxylamine groups is 2. The highest BCUT2D eigenvalue weighted by Gasteiger charge is 2.39. The molecule has 0 aromatic rings. The van der Waals surface area contributed by atoms with Crippen LogP contribution in [0, 0.1) is 5.92 Å². The van der Waals surface area contributed by atoms with Gasteiger partial charge in [0.2, 0.25) is 15.9 Å². The zero-order valence-electron chi connectivity index (χ0n) is 11.5. The molecule has 1 atom stereocenters. The van der Waals surface area contributed by atoms with Crippen molar-refractivity contribution in [2.75, 3.05) is 26.7 Å². The van der Waals surface area contributed by atoms with E-state index in [1.807, 2.05) is 5.06 Å². The molecule has 2 saturated heterocycles. The van der Waals surface area contributed by atoms with Gasteiger partial charge in [0, 0.05) is 26.1 Å². The molecule has 19 heavy (non-hydrogen) atoms. The summed E-state index contributed by atoms with van der Waals surface area (Å²) in [6.07, 6.45) is 2.64. The fourth-order valence-corrected chi connectivity index (χ4v) is 4.26. The Morgan fingerprint density at radius 3 is 2.32 bits per heavy atom. The molecule has 0 radical (unpaired) electrons. The van der Waals surface area contributed by atoms with Crippen LogP contribution in [0.2, 0.25) is 0 Å². The summed E-state index contributed by atoms with van der Waals surface area (Å²) < 4.78 is 25.0. The van der Waals surface area contributed by atoms with Crippen molar-refractivity contribution in [1.29, 1.82) is 0 Å². The number of carbonyl (C=O) groups is 1. The lowest BCUT2D eigenvalue weighted by atomic mass is 9.94. The number of carbonyl (C=O) groups excluding carboxylic acids is 1. The summed E-state index contributed by atoms with van der Waals surface area (Å²) in [6, 6.07) is 0. The Bertz CT molecular complexity index is 429. The summed E-state index contributed by atoms with van der Waals surface area (Å²) in [5.41, 5.74) is 0. The zero-order valence-corrected chi connectivity index (χ0v) is 12.4. The maximum atomic E-state index is 12.1. The van der Waals surface area contributed by atoms with Gasteiger partial charge in [0.1, 0.15) is 0 Å². The summed E-state index contributed by atoms with van der Waals surface area (Å²) in [5, 5.41) is 1.45. The van der Waals surface area contributed by atoms with Crippen LogP contribution in [-0.4, -0.2) is 55.7 Å². The molecule has 0 N–H and O–H groups in total. The van der Waals surface area contributed by atoms with E-state index in [0.29, 0.717) is 19.4 Å². The normalized spacial score (nSPS) is 28.7. The van der Waals surface area contributed by atoms with Crippen molar-refractivity contribution in [2.45, 2.75) is 37.9 Å². The molecular formula is C12H22N2O4S. The molecule has 0 aliphatic carbocycles. The highest BCUT2D eigenvalue weighted by atomic mass is 32.2. The molecule has 6 nitrogen and oxygen atoms in total. The second-order valence-corrected chi connectivity index (χ2v) is 7.64. The molecule has 0 bridgehead atoms. The number of hydrogen-bond acceptors (Lipinski definition) is 5. The van der Waals surface area contributed by atoms with Gasteiger partial charge in [-0.2, -0.15) is 5.06 Å². The maximum absolute atomic E-state index is 12.1. The Morgan fingerprint density at radius 2 is 1.84 bits per heavy atom. The van der Waals surface area contributed by atoms with Gasteiger partial charge in [0.25, 0.3) is 0 Å². The Kier molecular flexibility index (Phi) is 4.47. The molecule has 2 rings (SSSR count). The molecule has 0 aromatic heterocycles. The highest BCUT2D eigenvalue weighted by molar-refractivity contribution is 7.90. The zero-order chi connectivity index (χ0) is 14.0. The standard InChI is InChI=1S/C12H22N2O4S/c1-10-3-8-14(19(10,16)17)12(15)9-11-4-6-13(18-2)7-5-11/h10-11H,3-9H2,1-2H3. The molecule has 2 aliphatic rings. The van der Waals surface area contributed by atoms with E-state index in [4.69, 9.17) is 4.84 Å². The SMILES string of the molecule is CON1CCC(CC(=O)N2CCC(C)S2(=O)=O)CC1. The first-order valence-electron chi connectivity index (χ1n) is 6.78. The van der Waals surface area contributed by atoms with E-state index in [0.717, 1.165) is 30.2 Å². The number of rotatable bonds is 3. The van der Waals surface area contributed by atoms with Gasteiger partial charge in [-0.1, -0.05) is 0 Å². The monoisotopic (exact) mass is 290 g/mol. The Balaban J connectivity index is 1.89. The number of nitrogens with zero attached hydrogens (tertiary/aromatic N) is 2. The lowest BCUT2D eigenvalue weighted by Crippen LogP contribution is -2.38. The molecule has 110 valence electrons. The minimum absolute atomic E-state index is 0.236. The van der Waals surface area contributed by atoms with Crippen LogP contribution < -0.4 is 0 Å². The van der Waals surface area contributed by atoms with E-state index in [1.165, 1.54) is 0 Å². The van der Waals surface area contributed by atoms with Crippen LogP contribution in [0.3, 0.4) is 0 Å². The number of piperidine rings is 1. The first kappa shape index (κ1) is 14.7. The van der Waals surface area contributed by atoms with Crippen LogP contribution in [0.1, 0.15) is 32.6 Å². The third-order valence-electron chi connectivity index (χ3n) is 4.13. The van der Waals surface area contributed by atoms with Gasteiger partial charge < -0.3 is 4.84 Å². The third kappa shape index (κ3) is 3.09. The van der Waals surface area contributed by atoms with Gasteiger partial charge in [-0.25, -0.2) is 12.7 Å². The molecule has 2 heterocycles.